The predicted molar refractivity (Wildman–Crippen MR) is 102 cm³/mol. The monoisotopic (exact) mass is 378 g/mol. The van der Waals surface area contributed by atoms with E-state index in [2.05, 4.69) is 5.32 Å². The minimum atomic E-state index is -0.888. The van der Waals surface area contributed by atoms with Gasteiger partial charge in [0.25, 0.3) is 5.91 Å². The fourth-order valence-electron chi connectivity index (χ4n) is 2.44. The highest BCUT2D eigenvalue weighted by molar-refractivity contribution is 8.77. The van der Waals surface area contributed by atoms with Crippen molar-refractivity contribution in [2.75, 3.05) is 11.1 Å². The number of benzene rings is 1. The van der Waals surface area contributed by atoms with Gasteiger partial charge in [-0.25, -0.2) is 0 Å². The lowest BCUT2D eigenvalue weighted by Gasteiger charge is -2.14. The first-order valence-corrected chi connectivity index (χ1v) is 10.8. The van der Waals surface area contributed by atoms with Crippen LogP contribution in [0, 0.1) is 11.3 Å². The average Bonchev–Trinajstić information content (AvgIpc) is 3.12. The van der Waals surface area contributed by atoms with Crippen molar-refractivity contribution in [3.05, 3.63) is 29.8 Å². The molecule has 1 N–H and O–H groups in total. The topological polar surface area (TPSA) is 79.2 Å². The van der Waals surface area contributed by atoms with Crippen LogP contribution in [0.2, 0.25) is 0 Å². The number of carbonyl (C=O) groups is 2. The van der Waals surface area contributed by atoms with Crippen LogP contribution in [0.25, 0.3) is 0 Å². The highest BCUT2D eigenvalue weighted by atomic mass is 33.1. The van der Waals surface area contributed by atoms with Crippen LogP contribution in [0.5, 0.6) is 0 Å². The summed E-state index contributed by atoms with van der Waals surface area (Å²) in [6.45, 7) is 1.54. The number of nitrogens with one attached hydrogen (secondary N) is 1. The molecule has 0 saturated carbocycles. The minimum absolute atomic E-state index is 0.330. The van der Waals surface area contributed by atoms with Crippen LogP contribution in [0.15, 0.2) is 24.3 Å². The summed E-state index contributed by atoms with van der Waals surface area (Å²) in [6.07, 6.45) is 3.61. The molecule has 1 aliphatic heterocycles. The second-order valence-electron chi connectivity index (χ2n) is 5.85. The third kappa shape index (κ3) is 6.63. The molecule has 0 aliphatic carbocycles. The molecule has 0 aromatic heterocycles. The molecule has 1 heterocycles. The summed E-state index contributed by atoms with van der Waals surface area (Å²) < 4.78 is 5.19. The minimum Gasteiger partial charge on any atom is -0.453 e. The molecule has 2 rings (SSSR count). The summed E-state index contributed by atoms with van der Waals surface area (Å²) in [7, 11) is 3.87. The van der Waals surface area contributed by atoms with Crippen molar-refractivity contribution in [1.29, 1.82) is 5.26 Å². The Labute approximate surface area is 156 Å². The zero-order chi connectivity index (χ0) is 18.1. The van der Waals surface area contributed by atoms with Crippen molar-refractivity contribution in [3.63, 3.8) is 0 Å². The molecule has 25 heavy (non-hydrogen) atoms. The number of esters is 1. The fraction of sp³-hybridized carbons (Fsp3) is 0.500. The molecule has 1 amide bonds. The predicted octanol–water partition coefficient (Wildman–Crippen LogP) is 4.14. The Hall–Kier alpha value is -1.65. The summed E-state index contributed by atoms with van der Waals surface area (Å²) in [5.41, 5.74) is 0.794. The summed E-state index contributed by atoms with van der Waals surface area (Å²) in [5.74, 6) is 0.430. The summed E-state index contributed by atoms with van der Waals surface area (Å²) in [5, 5.41) is 12.4. The van der Waals surface area contributed by atoms with E-state index in [-0.39, 0.29) is 5.97 Å². The van der Waals surface area contributed by atoms with Crippen molar-refractivity contribution in [3.8, 4) is 6.07 Å². The molecule has 0 unspecified atom stereocenters. The zero-order valence-corrected chi connectivity index (χ0v) is 15.8. The molecule has 2 atom stereocenters. The molecule has 1 aromatic rings. The van der Waals surface area contributed by atoms with Crippen LogP contribution in [-0.2, 0) is 14.3 Å². The maximum absolute atomic E-state index is 12.1. The van der Waals surface area contributed by atoms with E-state index in [0.717, 1.165) is 19.3 Å². The van der Waals surface area contributed by atoms with Gasteiger partial charge >= 0.3 is 5.97 Å². The van der Waals surface area contributed by atoms with Crippen LogP contribution in [0.4, 0.5) is 5.69 Å². The third-order valence-electron chi connectivity index (χ3n) is 3.87. The third-order valence-corrected chi connectivity index (χ3v) is 6.87. The van der Waals surface area contributed by atoms with Crippen LogP contribution < -0.4 is 5.32 Å². The highest BCUT2D eigenvalue weighted by Crippen LogP contribution is 2.39. The molecular weight excluding hydrogens is 356 g/mol. The Morgan fingerprint density at radius 1 is 1.40 bits per heavy atom. The molecule has 1 aliphatic rings. The smallest absolute Gasteiger partial charge is 0.306 e. The van der Waals surface area contributed by atoms with Crippen LogP contribution >= 0.6 is 21.6 Å². The van der Waals surface area contributed by atoms with Gasteiger partial charge in [0, 0.05) is 17.4 Å². The lowest BCUT2D eigenvalue weighted by atomic mass is 10.1. The highest BCUT2D eigenvalue weighted by Gasteiger charge is 2.19. The number of amides is 1. The Morgan fingerprint density at radius 2 is 2.20 bits per heavy atom. The first kappa shape index (κ1) is 19.7. The fourth-order valence-corrected chi connectivity index (χ4v) is 5.47. The number of hydrogen-bond donors (Lipinski definition) is 1. The maximum atomic E-state index is 12.1. The van der Waals surface area contributed by atoms with Gasteiger partial charge in [-0.3, -0.25) is 9.59 Å². The number of para-hydroxylation sites is 1. The standard InChI is InChI=1S/C18H22N2O3S2/c1-13(18(22)20-16-8-4-2-6-14(16)12-19)23-17(21)9-5-3-7-15-10-11-24-25-15/h2,4,6,8,13,15H,3,5,7,9-11H2,1H3,(H,20,22)/t13-,15+/m1/s1. The Morgan fingerprint density at radius 3 is 2.92 bits per heavy atom. The second kappa shape index (κ2) is 10.4. The number of ether oxygens (including phenoxy) is 1. The molecule has 5 nitrogen and oxygen atoms in total. The lowest BCUT2D eigenvalue weighted by Crippen LogP contribution is -2.30. The molecule has 1 fully saturated rings. The molecule has 1 aromatic carbocycles. The molecule has 0 bridgehead atoms. The lowest BCUT2D eigenvalue weighted by molar-refractivity contribution is -0.153. The Kier molecular flexibility index (Phi) is 8.16. The van der Waals surface area contributed by atoms with Gasteiger partial charge in [0.05, 0.1) is 11.3 Å². The van der Waals surface area contributed by atoms with Crippen LogP contribution in [0.3, 0.4) is 0 Å². The van der Waals surface area contributed by atoms with Gasteiger partial charge in [0.1, 0.15) is 6.07 Å². The van der Waals surface area contributed by atoms with Gasteiger partial charge in [-0.1, -0.05) is 40.1 Å². The van der Waals surface area contributed by atoms with Crippen molar-refractivity contribution < 1.29 is 14.3 Å². The van der Waals surface area contributed by atoms with Crippen molar-refractivity contribution in [1.82, 2.24) is 0 Å². The largest absolute Gasteiger partial charge is 0.453 e. The Bertz CT molecular complexity index is 639. The quantitative estimate of drug-likeness (QED) is 0.416. The van der Waals surface area contributed by atoms with Crippen LogP contribution in [-0.4, -0.2) is 29.0 Å². The van der Waals surface area contributed by atoms with E-state index in [0.29, 0.717) is 22.9 Å². The van der Waals surface area contributed by atoms with E-state index in [9.17, 15) is 9.59 Å². The van der Waals surface area contributed by atoms with Gasteiger partial charge in [-0.15, -0.1) is 0 Å². The van der Waals surface area contributed by atoms with E-state index in [1.165, 1.54) is 19.1 Å². The number of rotatable bonds is 8. The summed E-state index contributed by atoms with van der Waals surface area (Å²) >= 11 is 0. The van der Waals surface area contributed by atoms with E-state index in [4.69, 9.17) is 10.00 Å². The van der Waals surface area contributed by atoms with Gasteiger partial charge < -0.3 is 10.1 Å². The first-order chi connectivity index (χ1) is 12.1. The summed E-state index contributed by atoms with van der Waals surface area (Å²) in [4.78, 5) is 24.0. The van der Waals surface area contributed by atoms with Crippen molar-refractivity contribution >= 4 is 39.2 Å². The number of hydrogen-bond acceptors (Lipinski definition) is 6. The molecule has 1 saturated heterocycles. The molecular formula is C18H22N2O3S2. The Balaban J connectivity index is 1.69. The number of carbonyl (C=O) groups excluding carboxylic acids is 2. The van der Waals surface area contributed by atoms with Crippen molar-refractivity contribution in [2.24, 2.45) is 0 Å². The molecule has 0 radical (unpaired) electrons. The van der Waals surface area contributed by atoms with Gasteiger partial charge in [0.15, 0.2) is 6.10 Å². The SMILES string of the molecule is C[C@@H](OC(=O)CCCC[C@H]1CCSS1)C(=O)Nc1ccccc1C#N. The number of nitrogens with zero attached hydrogens (tertiary/aromatic N) is 1. The number of nitriles is 1. The second-order valence-corrected chi connectivity index (χ2v) is 8.64. The van der Waals surface area contributed by atoms with Gasteiger partial charge in [0.2, 0.25) is 0 Å². The zero-order valence-electron chi connectivity index (χ0n) is 14.2. The van der Waals surface area contributed by atoms with E-state index < -0.39 is 12.0 Å². The summed E-state index contributed by atoms with van der Waals surface area (Å²) in [6, 6.07) is 8.73. The van der Waals surface area contributed by atoms with E-state index in [1.54, 1.807) is 24.3 Å². The molecule has 0 spiro atoms. The van der Waals surface area contributed by atoms with E-state index >= 15 is 0 Å². The molecule has 7 heteroatoms. The average molecular weight is 379 g/mol. The van der Waals surface area contributed by atoms with Crippen LogP contribution in [0.1, 0.15) is 44.6 Å². The van der Waals surface area contributed by atoms with Gasteiger partial charge in [-0.2, -0.15) is 5.26 Å². The maximum Gasteiger partial charge on any atom is 0.306 e. The normalized spacial score (nSPS) is 17.5. The first-order valence-electron chi connectivity index (χ1n) is 8.38. The van der Waals surface area contributed by atoms with E-state index in [1.807, 2.05) is 27.7 Å². The number of anilines is 1. The number of unbranched alkanes of at least 4 members (excludes halogenated alkanes) is 1. The van der Waals surface area contributed by atoms with Gasteiger partial charge in [-0.05, 0) is 38.3 Å². The molecule has 134 valence electrons. The van der Waals surface area contributed by atoms with Crippen molar-refractivity contribution in [2.45, 2.75) is 50.4 Å².